The van der Waals surface area contributed by atoms with Crippen LogP contribution in [0.1, 0.15) is 36.3 Å². The zero-order valence-electron chi connectivity index (χ0n) is 12.7. The van der Waals surface area contributed by atoms with Crippen LogP contribution >= 0.6 is 0 Å². The molecule has 0 radical (unpaired) electrons. The average Bonchev–Trinajstić information content (AvgIpc) is 2.99. The predicted molar refractivity (Wildman–Crippen MR) is 83.9 cm³/mol. The van der Waals surface area contributed by atoms with Crippen molar-refractivity contribution < 1.29 is 14.3 Å². The van der Waals surface area contributed by atoms with E-state index in [2.05, 4.69) is 10.3 Å². The molecule has 0 bridgehead atoms. The van der Waals surface area contributed by atoms with Crippen molar-refractivity contribution in [1.29, 1.82) is 0 Å². The van der Waals surface area contributed by atoms with Gasteiger partial charge in [-0.1, -0.05) is 0 Å². The molecule has 5 heteroatoms. The Morgan fingerprint density at radius 1 is 1.50 bits per heavy atom. The number of furan rings is 1. The SMILES string of the molecule is Cc1cncc(/C=C/C(=O)NC(C)CC(O)c2ccco2)c1. The summed E-state index contributed by atoms with van der Waals surface area (Å²) >= 11 is 0. The van der Waals surface area contributed by atoms with Crippen molar-refractivity contribution in [2.24, 2.45) is 0 Å². The number of rotatable bonds is 6. The molecule has 0 aliphatic carbocycles. The van der Waals surface area contributed by atoms with Gasteiger partial charge in [-0.2, -0.15) is 0 Å². The third kappa shape index (κ3) is 4.86. The molecule has 0 spiro atoms. The number of carbonyl (C=O) groups excluding carboxylic acids is 1. The maximum Gasteiger partial charge on any atom is 0.244 e. The largest absolute Gasteiger partial charge is 0.467 e. The lowest BCUT2D eigenvalue weighted by molar-refractivity contribution is -0.117. The van der Waals surface area contributed by atoms with E-state index in [0.29, 0.717) is 12.2 Å². The summed E-state index contributed by atoms with van der Waals surface area (Å²) in [6.07, 6.45) is 7.81. The van der Waals surface area contributed by atoms with Crippen LogP contribution in [0.15, 0.2) is 47.3 Å². The number of aliphatic hydroxyl groups excluding tert-OH is 1. The molecule has 2 heterocycles. The minimum absolute atomic E-state index is 0.173. The van der Waals surface area contributed by atoms with Crippen LogP contribution in [0.25, 0.3) is 6.08 Å². The number of aryl methyl sites for hydroxylation is 1. The van der Waals surface area contributed by atoms with Crippen LogP contribution in [0.4, 0.5) is 0 Å². The molecular formula is C17H20N2O3. The van der Waals surface area contributed by atoms with E-state index in [1.54, 1.807) is 30.6 Å². The number of nitrogens with zero attached hydrogens (tertiary/aromatic N) is 1. The number of hydrogen-bond donors (Lipinski definition) is 2. The molecule has 2 unspecified atom stereocenters. The summed E-state index contributed by atoms with van der Waals surface area (Å²) in [6, 6.07) is 5.21. The Morgan fingerprint density at radius 3 is 3.00 bits per heavy atom. The third-order valence-corrected chi connectivity index (χ3v) is 3.16. The van der Waals surface area contributed by atoms with Gasteiger partial charge in [0.05, 0.1) is 6.26 Å². The highest BCUT2D eigenvalue weighted by Crippen LogP contribution is 2.18. The average molecular weight is 300 g/mol. The van der Waals surface area contributed by atoms with Crippen molar-refractivity contribution >= 4 is 12.0 Å². The highest BCUT2D eigenvalue weighted by atomic mass is 16.4. The number of aliphatic hydroxyl groups is 1. The fourth-order valence-corrected chi connectivity index (χ4v) is 2.12. The van der Waals surface area contributed by atoms with Gasteiger partial charge in [0.15, 0.2) is 0 Å². The second kappa shape index (κ2) is 7.56. The van der Waals surface area contributed by atoms with E-state index >= 15 is 0 Å². The monoisotopic (exact) mass is 300 g/mol. The highest BCUT2D eigenvalue weighted by molar-refractivity contribution is 5.91. The van der Waals surface area contributed by atoms with Crippen LogP contribution in [0, 0.1) is 6.92 Å². The number of aromatic nitrogens is 1. The second-order valence-corrected chi connectivity index (χ2v) is 5.31. The first-order valence-corrected chi connectivity index (χ1v) is 7.16. The van der Waals surface area contributed by atoms with Gasteiger partial charge in [0.2, 0.25) is 5.91 Å². The Hall–Kier alpha value is -2.40. The van der Waals surface area contributed by atoms with Crippen LogP contribution < -0.4 is 5.32 Å². The Bertz CT molecular complexity index is 635. The van der Waals surface area contributed by atoms with Gasteiger partial charge in [-0.15, -0.1) is 0 Å². The van der Waals surface area contributed by atoms with Gasteiger partial charge < -0.3 is 14.8 Å². The molecule has 116 valence electrons. The minimum atomic E-state index is -0.727. The standard InChI is InChI=1S/C17H20N2O3/c1-12-8-14(11-18-10-12)5-6-17(21)19-13(2)9-15(20)16-4-3-7-22-16/h3-8,10-11,13,15,20H,9H2,1-2H3,(H,19,21)/b6-5+. The Balaban J connectivity index is 1.83. The van der Waals surface area contributed by atoms with E-state index in [0.717, 1.165) is 11.1 Å². The van der Waals surface area contributed by atoms with Crippen LogP contribution in [0.2, 0.25) is 0 Å². The zero-order chi connectivity index (χ0) is 15.9. The van der Waals surface area contributed by atoms with Crippen LogP contribution in [0.5, 0.6) is 0 Å². The smallest absolute Gasteiger partial charge is 0.244 e. The van der Waals surface area contributed by atoms with Crippen molar-refractivity contribution in [3.05, 3.63) is 59.8 Å². The van der Waals surface area contributed by atoms with Gasteiger partial charge >= 0.3 is 0 Å². The van der Waals surface area contributed by atoms with Crippen LogP contribution in [-0.2, 0) is 4.79 Å². The van der Waals surface area contributed by atoms with Gasteiger partial charge in [0.1, 0.15) is 11.9 Å². The second-order valence-electron chi connectivity index (χ2n) is 5.31. The van der Waals surface area contributed by atoms with E-state index in [1.807, 2.05) is 19.9 Å². The Kier molecular flexibility index (Phi) is 5.49. The lowest BCUT2D eigenvalue weighted by atomic mass is 10.1. The van der Waals surface area contributed by atoms with E-state index in [1.165, 1.54) is 12.3 Å². The summed E-state index contributed by atoms with van der Waals surface area (Å²) in [4.78, 5) is 15.9. The maximum absolute atomic E-state index is 11.9. The van der Waals surface area contributed by atoms with Crippen molar-refractivity contribution in [2.75, 3.05) is 0 Å². The fraction of sp³-hybridized carbons (Fsp3) is 0.294. The number of pyridine rings is 1. The van der Waals surface area contributed by atoms with Crippen molar-refractivity contribution in [3.8, 4) is 0 Å². The summed E-state index contributed by atoms with van der Waals surface area (Å²) < 4.78 is 5.13. The van der Waals surface area contributed by atoms with Crippen LogP contribution in [0.3, 0.4) is 0 Å². The predicted octanol–water partition coefficient (Wildman–Crippen LogP) is 2.62. The molecule has 0 aliphatic rings. The molecule has 2 rings (SSSR count). The summed E-state index contributed by atoms with van der Waals surface area (Å²) in [7, 11) is 0. The highest BCUT2D eigenvalue weighted by Gasteiger charge is 2.15. The molecule has 2 N–H and O–H groups in total. The molecular weight excluding hydrogens is 280 g/mol. The van der Waals surface area contributed by atoms with Gasteiger partial charge in [0.25, 0.3) is 0 Å². The van der Waals surface area contributed by atoms with E-state index in [4.69, 9.17) is 4.42 Å². The first-order valence-electron chi connectivity index (χ1n) is 7.16. The summed E-state index contributed by atoms with van der Waals surface area (Å²) in [5, 5.41) is 12.8. The van der Waals surface area contributed by atoms with Gasteiger partial charge in [0, 0.05) is 30.9 Å². The van der Waals surface area contributed by atoms with E-state index in [-0.39, 0.29) is 11.9 Å². The molecule has 0 fully saturated rings. The number of carbonyl (C=O) groups is 1. The topological polar surface area (TPSA) is 75.4 Å². The number of nitrogens with one attached hydrogen (secondary N) is 1. The van der Waals surface area contributed by atoms with E-state index in [9.17, 15) is 9.90 Å². The molecule has 22 heavy (non-hydrogen) atoms. The molecule has 1 amide bonds. The molecule has 2 atom stereocenters. The molecule has 2 aromatic heterocycles. The van der Waals surface area contributed by atoms with Crippen molar-refractivity contribution in [1.82, 2.24) is 10.3 Å². The number of hydrogen-bond acceptors (Lipinski definition) is 4. The van der Waals surface area contributed by atoms with Gasteiger partial charge in [-0.3, -0.25) is 9.78 Å². The molecule has 0 aromatic carbocycles. The normalized spacial score (nSPS) is 14.0. The minimum Gasteiger partial charge on any atom is -0.467 e. The number of amides is 1. The summed E-state index contributed by atoms with van der Waals surface area (Å²) in [6.45, 7) is 3.79. The van der Waals surface area contributed by atoms with Crippen molar-refractivity contribution in [3.63, 3.8) is 0 Å². The quantitative estimate of drug-likeness (QED) is 0.804. The van der Waals surface area contributed by atoms with E-state index < -0.39 is 6.10 Å². The molecule has 0 saturated heterocycles. The molecule has 0 aliphatic heterocycles. The zero-order valence-corrected chi connectivity index (χ0v) is 12.7. The van der Waals surface area contributed by atoms with Crippen molar-refractivity contribution in [2.45, 2.75) is 32.4 Å². The molecule has 0 saturated carbocycles. The first kappa shape index (κ1) is 16.0. The lowest BCUT2D eigenvalue weighted by Gasteiger charge is -2.15. The van der Waals surface area contributed by atoms with Gasteiger partial charge in [-0.25, -0.2) is 0 Å². The lowest BCUT2D eigenvalue weighted by Crippen LogP contribution is -2.32. The Labute approximate surface area is 129 Å². The molecule has 2 aromatic rings. The maximum atomic E-state index is 11.9. The van der Waals surface area contributed by atoms with Gasteiger partial charge in [-0.05, 0) is 49.2 Å². The fourth-order valence-electron chi connectivity index (χ4n) is 2.12. The Morgan fingerprint density at radius 2 is 2.32 bits per heavy atom. The van der Waals surface area contributed by atoms with Crippen LogP contribution in [-0.4, -0.2) is 22.0 Å². The molecule has 5 nitrogen and oxygen atoms in total. The summed E-state index contributed by atoms with van der Waals surface area (Å²) in [5.41, 5.74) is 1.91. The summed E-state index contributed by atoms with van der Waals surface area (Å²) in [5.74, 6) is 0.295. The first-order chi connectivity index (χ1) is 10.5. The third-order valence-electron chi connectivity index (χ3n) is 3.16.